The average Bonchev–Trinajstić information content (AvgIpc) is 3.19. The maximum Gasteiger partial charge on any atom is 0.220 e. The van der Waals surface area contributed by atoms with Crippen LogP contribution in [0.1, 0.15) is 29.5 Å². The number of benzene rings is 3. The molecular weight excluding hydrogens is 454 g/mol. The Morgan fingerprint density at radius 1 is 0.943 bits per heavy atom. The molecule has 176 valence electrons. The van der Waals surface area contributed by atoms with E-state index in [2.05, 4.69) is 63.4 Å². The molecule has 35 heavy (non-hydrogen) atoms. The van der Waals surface area contributed by atoms with Crippen molar-refractivity contribution in [2.45, 2.75) is 38.0 Å². The van der Waals surface area contributed by atoms with Crippen LogP contribution in [-0.2, 0) is 17.9 Å². The van der Waals surface area contributed by atoms with E-state index in [1.54, 1.807) is 11.8 Å². The molecule has 0 spiro atoms. The van der Waals surface area contributed by atoms with Gasteiger partial charge in [0, 0.05) is 30.6 Å². The molecule has 0 bridgehead atoms. The third kappa shape index (κ3) is 5.52. The van der Waals surface area contributed by atoms with Crippen molar-refractivity contribution in [3.63, 3.8) is 0 Å². The lowest BCUT2D eigenvalue weighted by atomic mass is 10.1. The average molecular weight is 482 g/mol. The second-order valence-corrected chi connectivity index (χ2v) is 9.64. The molecular formula is C28H27N5OS. The minimum atomic E-state index is 0.0576. The number of carbonyl (C=O) groups is 1. The predicted molar refractivity (Wildman–Crippen MR) is 141 cm³/mol. The van der Waals surface area contributed by atoms with Crippen LogP contribution < -0.4 is 5.32 Å². The van der Waals surface area contributed by atoms with Gasteiger partial charge in [0.1, 0.15) is 5.52 Å². The van der Waals surface area contributed by atoms with Crippen LogP contribution in [0.3, 0.4) is 0 Å². The lowest BCUT2D eigenvalue weighted by Gasteiger charge is -2.08. The molecule has 6 nitrogen and oxygen atoms in total. The van der Waals surface area contributed by atoms with Crippen LogP contribution in [0.25, 0.3) is 22.1 Å². The third-order valence-corrected chi connectivity index (χ3v) is 6.81. The largest absolute Gasteiger partial charge is 0.352 e. The zero-order valence-electron chi connectivity index (χ0n) is 19.6. The van der Waals surface area contributed by atoms with E-state index < -0.39 is 0 Å². The van der Waals surface area contributed by atoms with Crippen LogP contribution in [0.5, 0.6) is 0 Å². The Morgan fingerprint density at radius 3 is 2.60 bits per heavy atom. The fourth-order valence-corrected chi connectivity index (χ4v) is 4.91. The van der Waals surface area contributed by atoms with Gasteiger partial charge in [0.15, 0.2) is 5.65 Å². The van der Waals surface area contributed by atoms with Crippen molar-refractivity contribution < 1.29 is 4.79 Å². The second kappa shape index (κ2) is 10.7. The first kappa shape index (κ1) is 23.1. The van der Waals surface area contributed by atoms with Gasteiger partial charge in [0.05, 0.1) is 5.52 Å². The first-order valence-corrected chi connectivity index (χ1v) is 12.8. The minimum absolute atomic E-state index is 0.0576. The van der Waals surface area contributed by atoms with E-state index in [0.717, 1.165) is 46.3 Å². The van der Waals surface area contributed by atoms with Gasteiger partial charge in [-0.15, -0.1) is 10.2 Å². The molecule has 3 aromatic carbocycles. The van der Waals surface area contributed by atoms with Crippen molar-refractivity contribution >= 4 is 39.7 Å². The Labute approximate surface area is 208 Å². The molecule has 5 aromatic rings. The number of hydrogen-bond donors (Lipinski definition) is 1. The summed E-state index contributed by atoms with van der Waals surface area (Å²) < 4.78 is 2.22. The van der Waals surface area contributed by atoms with Gasteiger partial charge in [-0.2, -0.15) is 0 Å². The van der Waals surface area contributed by atoms with Crippen LogP contribution in [0, 0.1) is 6.92 Å². The molecule has 5 rings (SSSR count). The molecule has 0 aliphatic rings. The number of rotatable bonds is 9. The molecule has 2 aromatic heterocycles. The summed E-state index contributed by atoms with van der Waals surface area (Å²) in [4.78, 5) is 17.1. The van der Waals surface area contributed by atoms with Crippen LogP contribution in [0.15, 0.2) is 84.0 Å². The predicted octanol–water partition coefficient (Wildman–Crippen LogP) is 5.52. The SMILES string of the molecule is Cc1cccc(Cn2c3ccccc3c3nnc(SCCCC(=O)NCc4ccccc4)nc32)c1. The Hall–Kier alpha value is -3.71. The molecule has 1 amide bonds. The number of amides is 1. The van der Waals surface area contributed by atoms with E-state index in [-0.39, 0.29) is 5.91 Å². The van der Waals surface area contributed by atoms with E-state index >= 15 is 0 Å². The van der Waals surface area contributed by atoms with E-state index in [1.165, 1.54) is 11.1 Å². The van der Waals surface area contributed by atoms with Crippen LogP contribution in [-0.4, -0.2) is 31.4 Å². The molecule has 0 atom stereocenters. The van der Waals surface area contributed by atoms with Crippen molar-refractivity contribution in [2.75, 3.05) is 5.75 Å². The van der Waals surface area contributed by atoms with Crippen LogP contribution in [0.2, 0.25) is 0 Å². The summed E-state index contributed by atoms with van der Waals surface area (Å²) in [5.41, 5.74) is 6.32. The Morgan fingerprint density at radius 2 is 1.74 bits per heavy atom. The first-order valence-electron chi connectivity index (χ1n) is 11.8. The number of hydrogen-bond acceptors (Lipinski definition) is 5. The normalized spacial score (nSPS) is 11.2. The minimum Gasteiger partial charge on any atom is -0.352 e. The summed E-state index contributed by atoms with van der Waals surface area (Å²) in [5.74, 6) is 0.812. The third-order valence-electron chi connectivity index (χ3n) is 5.89. The Kier molecular flexibility index (Phi) is 7.04. The summed E-state index contributed by atoms with van der Waals surface area (Å²) in [5, 5.41) is 13.6. The summed E-state index contributed by atoms with van der Waals surface area (Å²) in [7, 11) is 0. The van der Waals surface area contributed by atoms with Crippen molar-refractivity contribution in [1.82, 2.24) is 25.1 Å². The highest BCUT2D eigenvalue weighted by Crippen LogP contribution is 2.28. The second-order valence-electron chi connectivity index (χ2n) is 8.57. The lowest BCUT2D eigenvalue weighted by Crippen LogP contribution is -2.22. The topological polar surface area (TPSA) is 72.7 Å². The van der Waals surface area contributed by atoms with Gasteiger partial charge in [0.25, 0.3) is 0 Å². The Bertz CT molecular complexity index is 1460. The quantitative estimate of drug-likeness (QED) is 0.222. The van der Waals surface area contributed by atoms with Crippen molar-refractivity contribution in [3.05, 3.63) is 95.6 Å². The zero-order valence-corrected chi connectivity index (χ0v) is 20.5. The molecule has 2 heterocycles. The molecule has 0 radical (unpaired) electrons. The smallest absolute Gasteiger partial charge is 0.220 e. The van der Waals surface area contributed by atoms with Gasteiger partial charge in [-0.05, 0) is 30.5 Å². The van der Waals surface area contributed by atoms with Crippen molar-refractivity contribution in [2.24, 2.45) is 0 Å². The Balaban J connectivity index is 1.26. The lowest BCUT2D eigenvalue weighted by molar-refractivity contribution is -0.121. The highest BCUT2D eigenvalue weighted by atomic mass is 32.2. The van der Waals surface area contributed by atoms with Crippen molar-refractivity contribution in [3.8, 4) is 0 Å². The van der Waals surface area contributed by atoms with Gasteiger partial charge in [-0.25, -0.2) is 4.98 Å². The number of nitrogens with one attached hydrogen (secondary N) is 1. The molecule has 0 aliphatic carbocycles. The van der Waals surface area contributed by atoms with E-state index in [0.29, 0.717) is 18.1 Å². The summed E-state index contributed by atoms with van der Waals surface area (Å²) in [6.07, 6.45) is 1.22. The van der Waals surface area contributed by atoms with E-state index in [4.69, 9.17) is 4.98 Å². The molecule has 7 heteroatoms. The van der Waals surface area contributed by atoms with E-state index in [9.17, 15) is 4.79 Å². The molecule has 0 unspecified atom stereocenters. The summed E-state index contributed by atoms with van der Waals surface area (Å²) in [6, 6.07) is 26.7. The standard InChI is InChI=1S/C28H27N5OS/c1-20-9-7-12-22(17-20)19-33-24-14-6-5-13-23(24)26-27(33)30-28(32-31-26)35-16-8-15-25(34)29-18-21-10-3-2-4-11-21/h2-7,9-14,17H,8,15-16,18-19H2,1H3,(H,29,34). The number of nitrogens with zero attached hydrogens (tertiary/aromatic N) is 4. The molecule has 1 N–H and O–H groups in total. The first-order chi connectivity index (χ1) is 17.2. The van der Waals surface area contributed by atoms with Crippen molar-refractivity contribution in [1.29, 1.82) is 0 Å². The van der Waals surface area contributed by atoms with E-state index in [1.807, 2.05) is 42.5 Å². The number of aryl methyl sites for hydroxylation is 1. The fraction of sp³-hybridized carbons (Fsp3) is 0.214. The fourth-order valence-electron chi connectivity index (χ4n) is 4.18. The summed E-state index contributed by atoms with van der Waals surface area (Å²) >= 11 is 1.54. The maximum absolute atomic E-state index is 12.2. The highest BCUT2D eigenvalue weighted by molar-refractivity contribution is 7.99. The van der Waals surface area contributed by atoms with Gasteiger partial charge >= 0.3 is 0 Å². The van der Waals surface area contributed by atoms with Gasteiger partial charge < -0.3 is 9.88 Å². The van der Waals surface area contributed by atoms with Crippen LogP contribution >= 0.6 is 11.8 Å². The monoisotopic (exact) mass is 481 g/mol. The van der Waals surface area contributed by atoms with Gasteiger partial charge in [0.2, 0.25) is 11.1 Å². The highest BCUT2D eigenvalue weighted by Gasteiger charge is 2.15. The maximum atomic E-state index is 12.2. The number of aromatic nitrogens is 4. The molecule has 0 saturated heterocycles. The number of fused-ring (bicyclic) bond motifs is 3. The molecule has 0 fully saturated rings. The zero-order chi connectivity index (χ0) is 24.0. The molecule has 0 aliphatic heterocycles. The van der Waals surface area contributed by atoms with Crippen LogP contribution in [0.4, 0.5) is 0 Å². The number of carbonyl (C=O) groups excluding carboxylic acids is 1. The summed E-state index contributed by atoms with van der Waals surface area (Å²) in [6.45, 7) is 3.38. The van der Waals surface area contributed by atoms with Gasteiger partial charge in [-0.1, -0.05) is 90.1 Å². The number of thioether (sulfide) groups is 1. The molecule has 0 saturated carbocycles. The number of para-hydroxylation sites is 1. The van der Waals surface area contributed by atoms with Gasteiger partial charge in [-0.3, -0.25) is 4.79 Å².